The predicted octanol–water partition coefficient (Wildman–Crippen LogP) is 15.4. The van der Waals surface area contributed by atoms with Gasteiger partial charge in [0.15, 0.2) is 0 Å². The first-order valence-corrected chi connectivity index (χ1v) is 22.0. The monoisotopic (exact) mass is 1010 g/mol. The molecule has 1 aliphatic rings. The number of nitrogens with zero attached hydrogens (tertiary/aromatic N) is 3. The van der Waals surface area contributed by atoms with E-state index in [-0.39, 0.29) is 48.5 Å². The van der Waals surface area contributed by atoms with Crippen LogP contribution in [-0.4, -0.2) is 19.6 Å². The van der Waals surface area contributed by atoms with E-state index in [1.165, 1.54) is 16.7 Å². The summed E-state index contributed by atoms with van der Waals surface area (Å²) in [6.07, 6.45) is 0. The Labute approximate surface area is 388 Å². The van der Waals surface area contributed by atoms with Gasteiger partial charge >= 0.3 is 0 Å². The quantitative estimate of drug-likeness (QED) is 0.179. The van der Waals surface area contributed by atoms with Crippen LogP contribution in [-0.2, 0) is 42.7 Å². The number of phenols is 1. The van der Waals surface area contributed by atoms with Gasteiger partial charge in [-0.1, -0.05) is 162 Å². The molecule has 6 aromatic carbocycles. The van der Waals surface area contributed by atoms with Crippen LogP contribution in [0.15, 0.2) is 127 Å². The molecule has 0 saturated carbocycles. The van der Waals surface area contributed by atoms with E-state index in [4.69, 9.17) is 9.97 Å². The molecule has 9 rings (SSSR count). The van der Waals surface area contributed by atoms with Gasteiger partial charge in [-0.2, -0.15) is 0 Å². The number of imidazole rings is 1. The Morgan fingerprint density at radius 1 is 0.476 bits per heavy atom. The molecule has 1 N–H and O–H groups in total. The fourth-order valence-electron chi connectivity index (χ4n) is 8.86. The van der Waals surface area contributed by atoms with Gasteiger partial charge in [-0.05, 0) is 91.1 Å². The third-order valence-electron chi connectivity index (χ3n) is 12.6. The molecule has 0 amide bonds. The van der Waals surface area contributed by atoms with E-state index >= 15 is 0 Å². The van der Waals surface area contributed by atoms with Crippen LogP contribution in [0.2, 0.25) is 0 Å². The third kappa shape index (κ3) is 7.90. The smallest absolute Gasteiger partial charge is 0.149 e. The van der Waals surface area contributed by atoms with E-state index in [9.17, 15) is 5.11 Å². The molecule has 0 fully saturated rings. The van der Waals surface area contributed by atoms with E-state index in [2.05, 4.69) is 209 Å². The standard InChI is InChI=1S/C58H58N3O.Pt/c1-55(2,3)38-25-28-50-45(30-38)42-24-17-16-23-41(42)43-26-27-44(51-52(43)61(50)54(60-51)46-31-39(56(4,5)6)32-47(53(46)62)58(10,11)12)49-34-40(57(7,8)9)33-48(59-49)37-22-18-21-36(29-37)35-19-14-13-15-20-35;/h13-21,23-34,62H,1-12H3;/q-1;. The normalized spacial score (nSPS) is 12.7. The minimum atomic E-state index is -0.320. The van der Waals surface area contributed by atoms with Crippen LogP contribution in [0.3, 0.4) is 0 Å². The Hall–Kier alpha value is -5.57. The SMILES string of the molecule is CC(C)(C)c1cc(-c2[c-]ccc(-c3ccccc3)c2)nc(-c2ccc3c4c2nc(-c2cc(C(C)(C)C)cc(C(C)(C)C)c2O)n4-c2ccc(C(C)(C)C)cc2-c2ccccc2-3)c1.[Pt]. The first-order valence-electron chi connectivity index (χ1n) is 22.0. The van der Waals surface area contributed by atoms with E-state index < -0.39 is 0 Å². The number of pyridine rings is 1. The van der Waals surface area contributed by atoms with Crippen LogP contribution in [0.5, 0.6) is 5.75 Å². The number of fused-ring (bicyclic) bond motifs is 5. The topological polar surface area (TPSA) is 50.9 Å². The van der Waals surface area contributed by atoms with Crippen molar-refractivity contribution in [1.82, 2.24) is 14.5 Å². The maximum atomic E-state index is 12.6. The number of rotatable bonds is 4. The minimum absolute atomic E-state index is 0. The number of aromatic hydroxyl groups is 1. The molecule has 0 bridgehead atoms. The average Bonchev–Trinajstić information content (AvgIpc) is 3.56. The third-order valence-corrected chi connectivity index (χ3v) is 12.6. The summed E-state index contributed by atoms with van der Waals surface area (Å²) in [5, 5.41) is 12.6. The van der Waals surface area contributed by atoms with Gasteiger partial charge in [-0.3, -0.25) is 9.55 Å². The van der Waals surface area contributed by atoms with E-state index in [0.29, 0.717) is 5.82 Å². The zero-order valence-corrected chi connectivity index (χ0v) is 41.0. The fraction of sp³-hybridized carbons (Fsp3) is 0.276. The molecule has 0 saturated heterocycles. The second kappa shape index (κ2) is 15.6. The van der Waals surface area contributed by atoms with Gasteiger partial charge < -0.3 is 5.11 Å². The summed E-state index contributed by atoms with van der Waals surface area (Å²) in [7, 11) is 0. The summed E-state index contributed by atoms with van der Waals surface area (Å²) < 4.78 is 2.33. The number of hydrogen-bond acceptors (Lipinski definition) is 3. The van der Waals surface area contributed by atoms with Crippen LogP contribution in [0.1, 0.15) is 105 Å². The maximum Gasteiger partial charge on any atom is 0.149 e. The van der Waals surface area contributed by atoms with Crippen molar-refractivity contribution in [3.05, 3.63) is 156 Å². The predicted molar refractivity (Wildman–Crippen MR) is 260 cm³/mol. The van der Waals surface area contributed by atoms with Gasteiger partial charge in [0.2, 0.25) is 0 Å². The molecule has 0 spiro atoms. The number of hydrogen-bond donors (Lipinski definition) is 1. The van der Waals surface area contributed by atoms with Crippen LogP contribution < -0.4 is 0 Å². The molecular weight excluding hydrogens is 950 g/mol. The Kier molecular flexibility index (Phi) is 10.9. The maximum absolute atomic E-state index is 12.6. The average molecular weight is 1010 g/mol. The first-order chi connectivity index (χ1) is 29.2. The second-order valence-corrected chi connectivity index (χ2v) is 21.3. The Morgan fingerprint density at radius 2 is 1.06 bits per heavy atom. The van der Waals surface area contributed by atoms with Gasteiger partial charge in [0.25, 0.3) is 0 Å². The van der Waals surface area contributed by atoms with E-state index in [1.54, 1.807) is 0 Å². The van der Waals surface area contributed by atoms with Gasteiger partial charge in [-0.15, -0.1) is 35.4 Å². The van der Waals surface area contributed by atoms with Crippen molar-refractivity contribution in [2.45, 2.75) is 105 Å². The number of benzene rings is 6. The number of aromatic nitrogens is 3. The van der Waals surface area contributed by atoms with E-state index in [1.807, 2.05) is 12.1 Å². The molecule has 0 unspecified atom stereocenters. The number of phenolic OH excluding ortho intramolecular Hbond substituents is 1. The molecule has 4 nitrogen and oxygen atoms in total. The van der Waals surface area contributed by atoms with Gasteiger partial charge in [0.05, 0.1) is 28.0 Å². The minimum Gasteiger partial charge on any atom is -0.507 e. The summed E-state index contributed by atoms with van der Waals surface area (Å²) in [6.45, 7) is 26.8. The Morgan fingerprint density at radius 3 is 1.71 bits per heavy atom. The van der Waals surface area contributed by atoms with Crippen LogP contribution in [0.25, 0.3) is 84.0 Å². The Balaban J connectivity index is 0.00000544. The van der Waals surface area contributed by atoms with Crippen molar-refractivity contribution in [1.29, 1.82) is 0 Å². The van der Waals surface area contributed by atoms with Gasteiger partial charge in [0.1, 0.15) is 11.6 Å². The molecule has 0 aliphatic carbocycles. The molecule has 3 heterocycles. The molecule has 0 atom stereocenters. The van der Waals surface area contributed by atoms with Crippen molar-refractivity contribution >= 4 is 11.0 Å². The largest absolute Gasteiger partial charge is 0.507 e. The van der Waals surface area contributed by atoms with Gasteiger partial charge in [0, 0.05) is 43.3 Å². The second-order valence-electron chi connectivity index (χ2n) is 21.3. The van der Waals surface area contributed by atoms with Crippen molar-refractivity contribution < 1.29 is 26.2 Å². The van der Waals surface area contributed by atoms with Crippen molar-refractivity contribution in [3.63, 3.8) is 0 Å². The van der Waals surface area contributed by atoms with Crippen molar-refractivity contribution in [2.24, 2.45) is 0 Å². The molecule has 63 heavy (non-hydrogen) atoms. The van der Waals surface area contributed by atoms with Crippen LogP contribution in [0, 0.1) is 6.07 Å². The summed E-state index contributed by atoms with van der Waals surface area (Å²) in [6, 6.07) is 49.2. The zero-order valence-electron chi connectivity index (χ0n) is 38.7. The summed E-state index contributed by atoms with van der Waals surface area (Å²) in [4.78, 5) is 11.2. The Bertz CT molecular complexity index is 3050. The summed E-state index contributed by atoms with van der Waals surface area (Å²) >= 11 is 0. The van der Waals surface area contributed by atoms with Crippen molar-refractivity contribution in [3.8, 4) is 78.7 Å². The van der Waals surface area contributed by atoms with Crippen LogP contribution >= 0.6 is 0 Å². The zero-order chi connectivity index (χ0) is 44.1. The van der Waals surface area contributed by atoms with Crippen LogP contribution in [0.4, 0.5) is 0 Å². The van der Waals surface area contributed by atoms with E-state index in [0.717, 1.165) is 83.7 Å². The molecule has 2 aromatic heterocycles. The molecular formula is C58H58N3OPt-. The molecule has 5 heteroatoms. The summed E-state index contributed by atoms with van der Waals surface area (Å²) in [5.41, 5.74) is 17.7. The van der Waals surface area contributed by atoms with Gasteiger partial charge in [-0.25, -0.2) is 4.98 Å². The fourth-order valence-corrected chi connectivity index (χ4v) is 8.86. The molecule has 1 aliphatic heterocycles. The molecule has 8 aromatic rings. The first kappa shape index (κ1) is 44.1. The molecule has 0 radical (unpaired) electrons. The molecule has 322 valence electrons. The van der Waals surface area contributed by atoms with Crippen molar-refractivity contribution in [2.75, 3.05) is 0 Å². The summed E-state index contributed by atoms with van der Waals surface area (Å²) in [5.74, 6) is 0.968.